The van der Waals surface area contributed by atoms with Gasteiger partial charge in [-0.05, 0) is 24.3 Å². The second-order valence-corrected chi connectivity index (χ2v) is 3.48. The van der Waals surface area contributed by atoms with Crippen LogP contribution in [-0.4, -0.2) is 4.98 Å². The molecule has 2 aromatic rings. The van der Waals surface area contributed by atoms with Crippen molar-refractivity contribution in [3.8, 4) is 17.3 Å². The molecule has 0 aliphatic rings. The summed E-state index contributed by atoms with van der Waals surface area (Å²) in [7, 11) is 0. The molecular formula is C12H6ClFN2. The lowest BCUT2D eigenvalue weighted by Crippen LogP contribution is -1.90. The van der Waals surface area contributed by atoms with E-state index in [-0.39, 0.29) is 16.5 Å². The lowest BCUT2D eigenvalue weighted by molar-refractivity contribution is 0.631. The highest BCUT2D eigenvalue weighted by molar-refractivity contribution is 6.30. The van der Waals surface area contributed by atoms with Gasteiger partial charge in [-0.1, -0.05) is 23.7 Å². The average Bonchev–Trinajstić information content (AvgIpc) is 2.29. The van der Waals surface area contributed by atoms with Crippen molar-refractivity contribution < 1.29 is 4.39 Å². The van der Waals surface area contributed by atoms with E-state index in [0.717, 1.165) is 0 Å². The number of halogens is 2. The molecule has 0 aliphatic carbocycles. The largest absolute Gasteiger partial charge is 0.235 e. The van der Waals surface area contributed by atoms with Gasteiger partial charge in [-0.25, -0.2) is 9.37 Å². The number of nitriles is 1. The maximum Gasteiger partial charge on any atom is 0.147 e. The Labute approximate surface area is 96.9 Å². The molecule has 0 unspecified atom stereocenters. The monoisotopic (exact) mass is 232 g/mol. The van der Waals surface area contributed by atoms with E-state index in [0.29, 0.717) is 11.3 Å². The highest BCUT2D eigenvalue weighted by Gasteiger charge is 2.08. The molecule has 0 saturated carbocycles. The van der Waals surface area contributed by atoms with Crippen LogP contribution in [0.25, 0.3) is 11.3 Å². The van der Waals surface area contributed by atoms with E-state index >= 15 is 0 Å². The van der Waals surface area contributed by atoms with Crippen molar-refractivity contribution in [1.82, 2.24) is 4.98 Å². The molecule has 0 N–H and O–H groups in total. The highest BCUT2D eigenvalue weighted by Crippen LogP contribution is 2.23. The SMILES string of the molecule is N#Cc1ccc(-c2ccccc2F)nc1Cl. The minimum absolute atomic E-state index is 0.0863. The predicted octanol–water partition coefficient (Wildman–Crippen LogP) is 3.41. The molecule has 0 radical (unpaired) electrons. The van der Waals surface area contributed by atoms with Crippen molar-refractivity contribution in [1.29, 1.82) is 5.26 Å². The van der Waals surface area contributed by atoms with Crippen LogP contribution in [0, 0.1) is 17.1 Å². The Bertz CT molecular complexity index is 575. The average molecular weight is 233 g/mol. The molecular weight excluding hydrogens is 227 g/mol. The molecule has 1 aromatic carbocycles. The quantitative estimate of drug-likeness (QED) is 0.707. The fraction of sp³-hybridized carbons (Fsp3) is 0. The van der Waals surface area contributed by atoms with Crippen molar-refractivity contribution in [3.63, 3.8) is 0 Å². The van der Waals surface area contributed by atoms with Crippen LogP contribution in [0.15, 0.2) is 36.4 Å². The third kappa shape index (κ3) is 1.88. The Balaban J connectivity index is 2.55. The number of rotatable bonds is 1. The maximum atomic E-state index is 13.4. The summed E-state index contributed by atoms with van der Waals surface area (Å²) in [5.41, 5.74) is 1.07. The first-order valence-corrected chi connectivity index (χ1v) is 4.91. The second kappa shape index (κ2) is 4.30. The van der Waals surface area contributed by atoms with E-state index in [4.69, 9.17) is 16.9 Å². The summed E-state index contributed by atoms with van der Waals surface area (Å²) >= 11 is 5.78. The fourth-order valence-electron chi connectivity index (χ4n) is 1.34. The lowest BCUT2D eigenvalue weighted by atomic mass is 10.1. The summed E-state index contributed by atoms with van der Waals surface area (Å²) < 4.78 is 13.4. The van der Waals surface area contributed by atoms with Gasteiger partial charge in [-0.3, -0.25) is 0 Å². The van der Waals surface area contributed by atoms with Crippen LogP contribution in [0.3, 0.4) is 0 Å². The van der Waals surface area contributed by atoms with Gasteiger partial charge in [0.2, 0.25) is 0 Å². The van der Waals surface area contributed by atoms with E-state index in [1.807, 2.05) is 6.07 Å². The van der Waals surface area contributed by atoms with Crippen LogP contribution in [0.2, 0.25) is 5.15 Å². The van der Waals surface area contributed by atoms with E-state index in [2.05, 4.69) is 4.98 Å². The van der Waals surface area contributed by atoms with Crippen LogP contribution in [0.1, 0.15) is 5.56 Å². The van der Waals surface area contributed by atoms with Gasteiger partial charge in [0.25, 0.3) is 0 Å². The number of hydrogen-bond acceptors (Lipinski definition) is 2. The Morgan fingerprint density at radius 1 is 1.19 bits per heavy atom. The summed E-state index contributed by atoms with van der Waals surface area (Å²) in [6.07, 6.45) is 0. The highest BCUT2D eigenvalue weighted by atomic mass is 35.5. The lowest BCUT2D eigenvalue weighted by Gasteiger charge is -2.03. The van der Waals surface area contributed by atoms with E-state index in [1.54, 1.807) is 24.3 Å². The first kappa shape index (κ1) is 10.6. The van der Waals surface area contributed by atoms with Gasteiger partial charge >= 0.3 is 0 Å². The summed E-state index contributed by atoms with van der Waals surface area (Å²) in [5.74, 6) is -0.365. The fourth-order valence-corrected chi connectivity index (χ4v) is 1.53. The molecule has 0 aliphatic heterocycles. The first-order valence-electron chi connectivity index (χ1n) is 4.54. The van der Waals surface area contributed by atoms with Crippen LogP contribution in [0.5, 0.6) is 0 Å². The Hall–Kier alpha value is -1.92. The first-order chi connectivity index (χ1) is 7.72. The molecule has 0 saturated heterocycles. The van der Waals surface area contributed by atoms with Gasteiger partial charge in [0.1, 0.15) is 17.0 Å². The normalized spacial score (nSPS) is 9.81. The standard InChI is InChI=1S/C12H6ClFN2/c13-12-8(7-15)5-6-11(16-12)9-3-1-2-4-10(9)14/h1-6H. The summed E-state index contributed by atoms with van der Waals surface area (Å²) in [4.78, 5) is 3.98. The molecule has 0 atom stereocenters. The van der Waals surface area contributed by atoms with Gasteiger partial charge in [0.15, 0.2) is 0 Å². The summed E-state index contributed by atoms with van der Waals surface area (Å²) in [6, 6.07) is 11.3. The number of aromatic nitrogens is 1. The topological polar surface area (TPSA) is 36.7 Å². The van der Waals surface area contributed by atoms with Gasteiger partial charge in [-0.15, -0.1) is 0 Å². The number of benzene rings is 1. The molecule has 2 rings (SSSR count). The Morgan fingerprint density at radius 2 is 1.94 bits per heavy atom. The molecule has 16 heavy (non-hydrogen) atoms. The minimum Gasteiger partial charge on any atom is -0.235 e. The third-order valence-corrected chi connectivity index (χ3v) is 2.41. The van der Waals surface area contributed by atoms with Crippen molar-refractivity contribution in [2.45, 2.75) is 0 Å². The van der Waals surface area contributed by atoms with Gasteiger partial charge in [0.05, 0.1) is 11.3 Å². The number of hydrogen-bond donors (Lipinski definition) is 0. The number of pyridine rings is 1. The Morgan fingerprint density at radius 3 is 2.56 bits per heavy atom. The minimum atomic E-state index is -0.365. The zero-order valence-corrected chi connectivity index (χ0v) is 8.87. The summed E-state index contributed by atoms with van der Waals surface area (Å²) in [5, 5.41) is 8.77. The molecule has 0 fully saturated rings. The van der Waals surface area contributed by atoms with Gasteiger partial charge in [0, 0.05) is 5.56 Å². The van der Waals surface area contributed by atoms with Crippen LogP contribution in [0.4, 0.5) is 4.39 Å². The van der Waals surface area contributed by atoms with Crippen molar-refractivity contribution in [3.05, 3.63) is 52.9 Å². The molecule has 1 heterocycles. The van der Waals surface area contributed by atoms with Crippen molar-refractivity contribution in [2.24, 2.45) is 0 Å². The molecule has 1 aromatic heterocycles. The second-order valence-electron chi connectivity index (χ2n) is 3.13. The molecule has 0 spiro atoms. The molecule has 0 amide bonds. The van der Waals surface area contributed by atoms with Gasteiger partial charge in [-0.2, -0.15) is 5.26 Å². The van der Waals surface area contributed by atoms with Crippen LogP contribution in [-0.2, 0) is 0 Å². The third-order valence-electron chi connectivity index (χ3n) is 2.12. The molecule has 0 bridgehead atoms. The van der Waals surface area contributed by atoms with Crippen LogP contribution >= 0.6 is 11.6 Å². The predicted molar refractivity (Wildman–Crippen MR) is 59.4 cm³/mol. The smallest absolute Gasteiger partial charge is 0.147 e. The number of nitrogens with zero attached hydrogens (tertiary/aromatic N) is 2. The Kier molecular flexibility index (Phi) is 2.84. The van der Waals surface area contributed by atoms with Crippen LogP contribution < -0.4 is 0 Å². The van der Waals surface area contributed by atoms with Gasteiger partial charge < -0.3 is 0 Å². The summed E-state index contributed by atoms with van der Waals surface area (Å²) in [6.45, 7) is 0. The van der Waals surface area contributed by atoms with E-state index < -0.39 is 0 Å². The molecule has 78 valence electrons. The molecule has 4 heteroatoms. The van der Waals surface area contributed by atoms with E-state index in [1.165, 1.54) is 12.1 Å². The van der Waals surface area contributed by atoms with E-state index in [9.17, 15) is 4.39 Å². The maximum absolute atomic E-state index is 13.4. The zero-order chi connectivity index (χ0) is 11.5. The van der Waals surface area contributed by atoms with Crippen molar-refractivity contribution >= 4 is 11.6 Å². The zero-order valence-electron chi connectivity index (χ0n) is 8.11. The molecule has 2 nitrogen and oxygen atoms in total. The van der Waals surface area contributed by atoms with Crippen molar-refractivity contribution in [2.75, 3.05) is 0 Å².